The van der Waals surface area contributed by atoms with E-state index in [1.54, 1.807) is 4.90 Å². The van der Waals surface area contributed by atoms with Gasteiger partial charge in [0.1, 0.15) is 5.60 Å². The Kier molecular flexibility index (Phi) is 2.80. The lowest BCUT2D eigenvalue weighted by Crippen LogP contribution is -2.56. The fraction of sp³-hybridized carbons (Fsp3) is 0.727. The Bertz CT molecular complexity index is 279. The van der Waals surface area contributed by atoms with Gasteiger partial charge in [-0.2, -0.15) is 0 Å². The summed E-state index contributed by atoms with van der Waals surface area (Å²) in [4.78, 5) is 13.3. The summed E-state index contributed by atoms with van der Waals surface area (Å²) in [5.74, 6) is -0.0169. The van der Waals surface area contributed by atoms with Crippen LogP contribution in [0, 0.1) is 0 Å². The van der Waals surface area contributed by atoms with Crippen LogP contribution in [0.25, 0.3) is 0 Å². The molecule has 2 atom stereocenters. The lowest BCUT2D eigenvalue weighted by atomic mass is 9.94. The maximum absolute atomic E-state index is 11.5. The van der Waals surface area contributed by atoms with Gasteiger partial charge in [-0.25, -0.2) is 0 Å². The summed E-state index contributed by atoms with van der Waals surface area (Å²) in [7, 11) is 0. The highest BCUT2D eigenvalue weighted by Gasteiger charge is 2.46. The number of amides is 1. The fourth-order valence-corrected chi connectivity index (χ4v) is 2.28. The van der Waals surface area contributed by atoms with E-state index in [1.807, 2.05) is 6.92 Å². The molecule has 2 aliphatic rings. The van der Waals surface area contributed by atoms with Crippen LogP contribution in [-0.4, -0.2) is 48.8 Å². The third kappa shape index (κ3) is 1.79. The van der Waals surface area contributed by atoms with Gasteiger partial charge < -0.3 is 14.4 Å². The molecule has 2 saturated heterocycles. The van der Waals surface area contributed by atoms with Crippen molar-refractivity contribution in [1.29, 1.82) is 0 Å². The molecule has 4 heteroatoms. The summed E-state index contributed by atoms with van der Waals surface area (Å²) in [6.45, 7) is 8.10. The van der Waals surface area contributed by atoms with Gasteiger partial charge in [-0.05, 0) is 13.0 Å². The van der Waals surface area contributed by atoms with E-state index in [1.165, 1.54) is 6.08 Å². The average molecular weight is 211 g/mol. The summed E-state index contributed by atoms with van der Waals surface area (Å²) in [6.07, 6.45) is 2.30. The molecule has 84 valence electrons. The molecule has 1 amide bonds. The first-order chi connectivity index (χ1) is 7.18. The van der Waals surface area contributed by atoms with Gasteiger partial charge in [0.2, 0.25) is 5.91 Å². The zero-order valence-electron chi connectivity index (χ0n) is 9.07. The summed E-state index contributed by atoms with van der Waals surface area (Å²) in [5, 5.41) is 0. The summed E-state index contributed by atoms with van der Waals surface area (Å²) >= 11 is 0. The molecular formula is C11H17NO3. The van der Waals surface area contributed by atoms with Crippen molar-refractivity contribution in [3.05, 3.63) is 12.7 Å². The predicted molar refractivity (Wildman–Crippen MR) is 55.5 cm³/mol. The lowest BCUT2D eigenvalue weighted by Gasteiger charge is -2.41. The van der Waals surface area contributed by atoms with Crippen LogP contribution in [-0.2, 0) is 14.3 Å². The molecule has 0 bridgehead atoms. The van der Waals surface area contributed by atoms with E-state index in [0.29, 0.717) is 19.7 Å². The van der Waals surface area contributed by atoms with Crippen molar-refractivity contribution in [2.45, 2.75) is 25.0 Å². The standard InChI is InChI=1S/C11H17NO3/c1-3-10(13)12-5-7-15-11(8-12)4-6-14-9(11)2/h3,9H,1,4-8H2,2H3. The second kappa shape index (κ2) is 3.94. The molecule has 0 N–H and O–H groups in total. The Morgan fingerprint density at radius 1 is 1.60 bits per heavy atom. The van der Waals surface area contributed by atoms with Crippen molar-refractivity contribution in [3.63, 3.8) is 0 Å². The van der Waals surface area contributed by atoms with Gasteiger partial charge in [0.15, 0.2) is 0 Å². The molecule has 0 aromatic rings. The summed E-state index contributed by atoms with van der Waals surface area (Å²) < 4.78 is 11.3. The third-order valence-corrected chi connectivity index (χ3v) is 3.33. The molecule has 1 spiro atoms. The molecule has 2 aliphatic heterocycles. The van der Waals surface area contributed by atoms with Gasteiger partial charge in [0.05, 0.1) is 19.3 Å². The minimum Gasteiger partial charge on any atom is -0.375 e. The average Bonchev–Trinajstić information content (AvgIpc) is 2.59. The molecule has 4 nitrogen and oxygen atoms in total. The Labute approximate surface area is 89.8 Å². The highest BCUT2D eigenvalue weighted by atomic mass is 16.6. The Morgan fingerprint density at radius 3 is 3.00 bits per heavy atom. The second-order valence-corrected chi connectivity index (χ2v) is 4.14. The highest BCUT2D eigenvalue weighted by molar-refractivity contribution is 5.87. The van der Waals surface area contributed by atoms with Crippen LogP contribution >= 0.6 is 0 Å². The van der Waals surface area contributed by atoms with Crippen LogP contribution in [0.2, 0.25) is 0 Å². The summed E-state index contributed by atoms with van der Waals surface area (Å²) in [5.41, 5.74) is -0.281. The molecular weight excluding hydrogens is 194 g/mol. The molecule has 15 heavy (non-hydrogen) atoms. The Hall–Kier alpha value is -0.870. The van der Waals surface area contributed by atoms with Crippen LogP contribution in [0.3, 0.4) is 0 Å². The van der Waals surface area contributed by atoms with Gasteiger partial charge in [0, 0.05) is 19.6 Å². The molecule has 2 fully saturated rings. The van der Waals surface area contributed by atoms with Gasteiger partial charge in [-0.1, -0.05) is 6.58 Å². The highest BCUT2D eigenvalue weighted by Crippen LogP contribution is 2.32. The smallest absolute Gasteiger partial charge is 0.246 e. The first-order valence-electron chi connectivity index (χ1n) is 5.35. The van der Waals surface area contributed by atoms with Gasteiger partial charge >= 0.3 is 0 Å². The first-order valence-corrected chi connectivity index (χ1v) is 5.35. The molecule has 2 rings (SSSR count). The van der Waals surface area contributed by atoms with Crippen molar-refractivity contribution >= 4 is 5.91 Å². The Balaban J connectivity index is 2.09. The summed E-state index contributed by atoms with van der Waals surface area (Å²) in [6, 6.07) is 0. The van der Waals surface area contributed by atoms with Crippen LogP contribution < -0.4 is 0 Å². The zero-order chi connectivity index (χ0) is 10.9. The number of carbonyl (C=O) groups is 1. The minimum absolute atomic E-state index is 0.0169. The van der Waals surface area contributed by atoms with E-state index < -0.39 is 0 Å². The van der Waals surface area contributed by atoms with E-state index >= 15 is 0 Å². The van der Waals surface area contributed by atoms with Crippen LogP contribution in [0.1, 0.15) is 13.3 Å². The largest absolute Gasteiger partial charge is 0.375 e. The van der Waals surface area contributed by atoms with Crippen LogP contribution in [0.5, 0.6) is 0 Å². The van der Waals surface area contributed by atoms with E-state index in [2.05, 4.69) is 6.58 Å². The third-order valence-electron chi connectivity index (χ3n) is 3.33. The van der Waals surface area contributed by atoms with Crippen LogP contribution in [0.15, 0.2) is 12.7 Å². The van der Waals surface area contributed by atoms with Crippen molar-refractivity contribution in [2.24, 2.45) is 0 Å². The predicted octanol–water partition coefficient (Wildman–Crippen LogP) is 0.579. The number of ether oxygens (including phenoxy) is 2. The normalized spacial score (nSPS) is 35.8. The van der Waals surface area contributed by atoms with Gasteiger partial charge in [-0.15, -0.1) is 0 Å². The number of nitrogens with zero attached hydrogens (tertiary/aromatic N) is 1. The molecule has 0 aromatic carbocycles. The monoisotopic (exact) mass is 211 g/mol. The molecule has 0 saturated carbocycles. The molecule has 0 aromatic heterocycles. The van der Waals surface area contributed by atoms with Crippen molar-refractivity contribution in [3.8, 4) is 0 Å². The zero-order valence-corrected chi connectivity index (χ0v) is 9.07. The number of rotatable bonds is 1. The second-order valence-electron chi connectivity index (χ2n) is 4.14. The number of morpholine rings is 1. The number of hydrogen-bond acceptors (Lipinski definition) is 3. The molecule has 0 aliphatic carbocycles. The van der Waals surface area contributed by atoms with Crippen LogP contribution in [0.4, 0.5) is 0 Å². The fourth-order valence-electron chi connectivity index (χ4n) is 2.28. The van der Waals surface area contributed by atoms with Crippen molar-refractivity contribution in [2.75, 3.05) is 26.3 Å². The lowest BCUT2D eigenvalue weighted by molar-refractivity contribution is -0.155. The first kappa shape index (κ1) is 10.6. The molecule has 2 unspecified atom stereocenters. The number of carbonyl (C=O) groups excluding carboxylic acids is 1. The molecule has 0 radical (unpaired) electrons. The van der Waals surface area contributed by atoms with Gasteiger partial charge in [-0.3, -0.25) is 4.79 Å². The van der Waals surface area contributed by atoms with E-state index in [0.717, 1.165) is 13.0 Å². The Morgan fingerprint density at radius 2 is 2.40 bits per heavy atom. The minimum atomic E-state index is -0.281. The maximum Gasteiger partial charge on any atom is 0.246 e. The van der Waals surface area contributed by atoms with E-state index in [-0.39, 0.29) is 17.6 Å². The maximum atomic E-state index is 11.5. The van der Waals surface area contributed by atoms with Crippen molar-refractivity contribution < 1.29 is 14.3 Å². The topological polar surface area (TPSA) is 38.8 Å². The quantitative estimate of drug-likeness (QED) is 0.595. The molecule has 2 heterocycles. The van der Waals surface area contributed by atoms with E-state index in [4.69, 9.17) is 9.47 Å². The number of hydrogen-bond donors (Lipinski definition) is 0. The van der Waals surface area contributed by atoms with Gasteiger partial charge in [0.25, 0.3) is 0 Å². The van der Waals surface area contributed by atoms with Crippen molar-refractivity contribution in [1.82, 2.24) is 4.90 Å². The van der Waals surface area contributed by atoms with E-state index in [9.17, 15) is 4.79 Å². The SMILES string of the molecule is C=CC(=O)N1CCOC2(CCOC2C)C1.